The SMILES string of the molecule is CN(C)CCO/N=C1/C(=C2/C(=O)Nc3cc(Br)ccc32)Nc2ccc([N+](=O)[O-])cc21. The van der Waals surface area contributed by atoms with Crippen LogP contribution in [0.1, 0.15) is 11.1 Å². The summed E-state index contributed by atoms with van der Waals surface area (Å²) < 4.78 is 0.840. The van der Waals surface area contributed by atoms with Gasteiger partial charge in [0.15, 0.2) is 0 Å². The van der Waals surface area contributed by atoms with Crippen LogP contribution < -0.4 is 10.6 Å². The summed E-state index contributed by atoms with van der Waals surface area (Å²) in [6.45, 7) is 0.981. The van der Waals surface area contributed by atoms with Gasteiger partial charge in [0.25, 0.3) is 11.6 Å². The molecule has 0 spiro atoms. The van der Waals surface area contributed by atoms with Crippen LogP contribution in [0.15, 0.2) is 51.7 Å². The van der Waals surface area contributed by atoms with Crippen LogP contribution in [0.4, 0.5) is 17.1 Å². The minimum atomic E-state index is -0.467. The minimum absolute atomic E-state index is 0.0667. The van der Waals surface area contributed by atoms with E-state index in [2.05, 4.69) is 31.7 Å². The first-order valence-electron chi connectivity index (χ1n) is 9.11. The fourth-order valence-corrected chi connectivity index (χ4v) is 3.64. The first kappa shape index (κ1) is 20.0. The largest absolute Gasteiger partial charge is 0.394 e. The van der Waals surface area contributed by atoms with Gasteiger partial charge in [-0.1, -0.05) is 27.2 Å². The number of nitrogens with one attached hydrogen (secondary N) is 2. The highest BCUT2D eigenvalue weighted by atomic mass is 79.9. The molecule has 9 nitrogen and oxygen atoms in total. The molecule has 0 saturated carbocycles. The number of nitro benzene ring substituents is 1. The van der Waals surface area contributed by atoms with Gasteiger partial charge >= 0.3 is 0 Å². The molecule has 0 unspecified atom stereocenters. The third-order valence-corrected chi connectivity index (χ3v) is 5.22. The van der Waals surface area contributed by atoms with Gasteiger partial charge < -0.3 is 20.4 Å². The number of amides is 1. The van der Waals surface area contributed by atoms with Crippen molar-refractivity contribution >= 4 is 50.2 Å². The number of non-ortho nitro benzene ring substituents is 1. The molecule has 0 aromatic heterocycles. The summed E-state index contributed by atoms with van der Waals surface area (Å²) in [6.07, 6.45) is 0. The number of anilines is 2. The smallest absolute Gasteiger partial charge is 0.270 e. The minimum Gasteiger partial charge on any atom is -0.394 e. The Hall–Kier alpha value is -3.24. The standard InChI is InChI=1S/C20H18BrN5O4/c1-25(2)7-8-30-24-18-14-10-12(26(28)29)4-6-15(14)22-19(18)17-13-5-3-11(21)9-16(13)23-20(17)27/h3-6,9-10,22H,7-8H2,1-2H3,(H,23,27)/b19-17-,24-18+. The summed E-state index contributed by atoms with van der Waals surface area (Å²) >= 11 is 3.40. The predicted octanol–water partition coefficient (Wildman–Crippen LogP) is 3.43. The average Bonchev–Trinajstić information content (AvgIpc) is 3.20. The summed E-state index contributed by atoms with van der Waals surface area (Å²) in [7, 11) is 3.83. The molecule has 154 valence electrons. The van der Waals surface area contributed by atoms with E-state index in [-0.39, 0.29) is 11.6 Å². The van der Waals surface area contributed by atoms with E-state index in [1.165, 1.54) is 12.1 Å². The van der Waals surface area contributed by atoms with Crippen LogP contribution in [0.5, 0.6) is 0 Å². The highest BCUT2D eigenvalue weighted by molar-refractivity contribution is 9.10. The molecule has 4 rings (SSSR count). The number of hydrogen-bond donors (Lipinski definition) is 2. The van der Waals surface area contributed by atoms with Crippen molar-refractivity contribution in [2.75, 3.05) is 37.9 Å². The van der Waals surface area contributed by atoms with Gasteiger partial charge in [-0.15, -0.1) is 0 Å². The lowest BCUT2D eigenvalue weighted by atomic mass is 10.0. The summed E-state index contributed by atoms with van der Waals surface area (Å²) in [5.41, 5.74) is 3.67. The lowest BCUT2D eigenvalue weighted by Crippen LogP contribution is -2.18. The van der Waals surface area contributed by atoms with Crippen molar-refractivity contribution in [1.29, 1.82) is 0 Å². The van der Waals surface area contributed by atoms with Gasteiger partial charge in [-0.25, -0.2) is 0 Å². The van der Waals surface area contributed by atoms with Crippen LogP contribution in [-0.2, 0) is 9.63 Å². The van der Waals surface area contributed by atoms with Gasteiger partial charge in [0, 0.05) is 40.0 Å². The predicted molar refractivity (Wildman–Crippen MR) is 117 cm³/mol. The van der Waals surface area contributed by atoms with E-state index in [0.29, 0.717) is 52.6 Å². The highest BCUT2D eigenvalue weighted by Crippen LogP contribution is 2.40. The van der Waals surface area contributed by atoms with E-state index in [9.17, 15) is 14.9 Å². The third kappa shape index (κ3) is 3.66. The monoisotopic (exact) mass is 471 g/mol. The van der Waals surface area contributed by atoms with Crippen LogP contribution >= 0.6 is 15.9 Å². The van der Waals surface area contributed by atoms with Crippen molar-refractivity contribution in [3.05, 3.63) is 67.8 Å². The second-order valence-corrected chi connectivity index (χ2v) is 8.00. The Morgan fingerprint density at radius 1 is 1.13 bits per heavy atom. The second kappa shape index (κ2) is 7.88. The molecular formula is C20H18BrN5O4. The lowest BCUT2D eigenvalue weighted by Gasteiger charge is -2.09. The molecule has 2 N–H and O–H groups in total. The van der Waals surface area contributed by atoms with Crippen LogP contribution in [0, 0.1) is 10.1 Å². The number of halogens is 1. The van der Waals surface area contributed by atoms with E-state index in [4.69, 9.17) is 4.84 Å². The van der Waals surface area contributed by atoms with Gasteiger partial charge in [-0.3, -0.25) is 14.9 Å². The maximum Gasteiger partial charge on any atom is 0.270 e. The maximum absolute atomic E-state index is 12.8. The lowest BCUT2D eigenvalue weighted by molar-refractivity contribution is -0.384. The number of hydrogen-bond acceptors (Lipinski definition) is 7. The average molecular weight is 472 g/mol. The molecule has 0 saturated heterocycles. The Kier molecular flexibility index (Phi) is 5.27. The second-order valence-electron chi connectivity index (χ2n) is 7.08. The van der Waals surface area contributed by atoms with Crippen molar-refractivity contribution in [1.82, 2.24) is 4.90 Å². The third-order valence-electron chi connectivity index (χ3n) is 4.73. The molecule has 2 aliphatic rings. The molecule has 0 fully saturated rings. The number of allylic oxidation sites excluding steroid dienone is 1. The molecule has 0 atom stereocenters. The molecule has 0 radical (unpaired) electrons. The first-order chi connectivity index (χ1) is 14.3. The molecule has 0 bridgehead atoms. The maximum atomic E-state index is 12.8. The van der Waals surface area contributed by atoms with Gasteiger partial charge in [0.05, 0.1) is 21.9 Å². The Balaban J connectivity index is 1.83. The summed E-state index contributed by atoms with van der Waals surface area (Å²) in [5, 5.41) is 21.5. The molecule has 10 heteroatoms. The van der Waals surface area contributed by atoms with Crippen molar-refractivity contribution in [3.8, 4) is 0 Å². The fourth-order valence-electron chi connectivity index (χ4n) is 3.28. The number of benzene rings is 2. The van der Waals surface area contributed by atoms with Crippen molar-refractivity contribution in [2.45, 2.75) is 0 Å². The molecular weight excluding hydrogens is 454 g/mol. The van der Waals surface area contributed by atoms with E-state index >= 15 is 0 Å². The number of rotatable bonds is 5. The molecule has 2 aromatic rings. The zero-order valence-electron chi connectivity index (χ0n) is 16.2. The van der Waals surface area contributed by atoms with Crippen molar-refractivity contribution < 1.29 is 14.6 Å². The van der Waals surface area contributed by atoms with Crippen molar-refractivity contribution in [3.63, 3.8) is 0 Å². The summed E-state index contributed by atoms with van der Waals surface area (Å²) in [5.74, 6) is -0.283. The molecule has 2 aliphatic heterocycles. The van der Waals surface area contributed by atoms with Crippen LogP contribution in [0.25, 0.3) is 5.57 Å². The van der Waals surface area contributed by atoms with E-state index in [1.54, 1.807) is 6.07 Å². The zero-order chi connectivity index (χ0) is 21.4. The van der Waals surface area contributed by atoms with Crippen molar-refractivity contribution in [2.24, 2.45) is 5.16 Å². The highest BCUT2D eigenvalue weighted by Gasteiger charge is 2.35. The number of carbonyl (C=O) groups excluding carboxylic acids is 1. The quantitative estimate of drug-likeness (QED) is 0.299. The van der Waals surface area contributed by atoms with Gasteiger partial charge in [0.1, 0.15) is 12.3 Å². The fraction of sp³-hybridized carbons (Fsp3) is 0.200. The zero-order valence-corrected chi connectivity index (χ0v) is 17.8. The topological polar surface area (TPSA) is 109 Å². The molecule has 30 heavy (non-hydrogen) atoms. The Morgan fingerprint density at radius 3 is 2.67 bits per heavy atom. The van der Waals surface area contributed by atoms with Gasteiger partial charge in [-0.05, 0) is 32.3 Å². The van der Waals surface area contributed by atoms with Crippen LogP contribution in [0.3, 0.4) is 0 Å². The number of nitro groups is 1. The van der Waals surface area contributed by atoms with Gasteiger partial charge in [0.2, 0.25) is 0 Å². The van der Waals surface area contributed by atoms with E-state index in [0.717, 1.165) is 4.47 Å². The van der Waals surface area contributed by atoms with E-state index in [1.807, 2.05) is 37.2 Å². The molecule has 1 amide bonds. The van der Waals surface area contributed by atoms with Crippen LogP contribution in [0.2, 0.25) is 0 Å². The van der Waals surface area contributed by atoms with Gasteiger partial charge in [-0.2, -0.15) is 0 Å². The molecule has 0 aliphatic carbocycles. The number of fused-ring (bicyclic) bond motifs is 2. The Morgan fingerprint density at radius 2 is 1.93 bits per heavy atom. The summed E-state index contributed by atoms with van der Waals surface area (Å²) in [6, 6.07) is 9.93. The number of carbonyl (C=O) groups is 1. The number of likely N-dealkylation sites (N-methyl/N-ethyl adjacent to an activating group) is 1. The number of oxime groups is 1. The summed E-state index contributed by atoms with van der Waals surface area (Å²) in [4.78, 5) is 31.0. The Bertz CT molecular complexity index is 1130. The first-order valence-corrected chi connectivity index (χ1v) is 9.91. The molecule has 2 heterocycles. The van der Waals surface area contributed by atoms with Crippen LogP contribution in [-0.4, -0.2) is 48.7 Å². The molecule has 2 aromatic carbocycles. The van der Waals surface area contributed by atoms with E-state index < -0.39 is 4.92 Å². The normalized spacial score (nSPS) is 18.3. The number of nitrogens with zero attached hydrogens (tertiary/aromatic N) is 3. The Labute approximate surface area is 180 Å².